The number of aromatic nitrogens is 1. The Hall–Kier alpha value is -2.58. The van der Waals surface area contributed by atoms with E-state index in [4.69, 9.17) is 16.3 Å². The molecule has 2 aromatic carbocycles. The molecule has 0 aliphatic carbocycles. The lowest BCUT2D eigenvalue weighted by atomic mass is 10.3. The number of hydrogen-bond donors (Lipinski definition) is 1. The molecule has 28 heavy (non-hydrogen) atoms. The third kappa shape index (κ3) is 3.70. The number of urea groups is 1. The molecule has 1 saturated heterocycles. The van der Waals surface area contributed by atoms with Gasteiger partial charge in [-0.2, -0.15) is 0 Å². The van der Waals surface area contributed by atoms with Gasteiger partial charge in [-0.25, -0.2) is 14.2 Å². The molecule has 1 fully saturated rings. The van der Waals surface area contributed by atoms with E-state index in [0.717, 1.165) is 9.83 Å². The Morgan fingerprint density at radius 3 is 2.75 bits per heavy atom. The molecule has 1 aliphatic heterocycles. The molecule has 0 bridgehead atoms. The van der Waals surface area contributed by atoms with Gasteiger partial charge in [0, 0.05) is 31.2 Å². The molecule has 1 N–H and O–H groups in total. The predicted octanol–water partition coefficient (Wildman–Crippen LogP) is 4.45. The van der Waals surface area contributed by atoms with Crippen LogP contribution >= 0.6 is 22.9 Å². The average Bonchev–Trinajstić information content (AvgIpc) is 3.14. The second-order valence-corrected chi connectivity index (χ2v) is 7.78. The number of rotatable bonds is 3. The summed E-state index contributed by atoms with van der Waals surface area (Å²) in [6, 6.07) is 9.82. The highest BCUT2D eigenvalue weighted by Gasteiger charge is 2.24. The normalized spacial score (nSPS) is 14.4. The fourth-order valence-corrected chi connectivity index (χ4v) is 4.32. The van der Waals surface area contributed by atoms with Gasteiger partial charge in [0.05, 0.1) is 17.5 Å². The van der Waals surface area contributed by atoms with Gasteiger partial charge in [0.25, 0.3) is 0 Å². The van der Waals surface area contributed by atoms with Gasteiger partial charge in [0.2, 0.25) is 0 Å². The summed E-state index contributed by atoms with van der Waals surface area (Å²) in [5.74, 6) is 0.237. The fraction of sp³-hybridized carbons (Fsp3) is 0.263. The highest BCUT2D eigenvalue weighted by Crippen LogP contribution is 2.31. The number of methoxy groups -OCH3 is 1. The maximum absolute atomic E-state index is 13.9. The fourth-order valence-electron chi connectivity index (χ4n) is 3.11. The molecular formula is C19H18ClFN4O2S. The quantitative estimate of drug-likeness (QED) is 0.680. The van der Waals surface area contributed by atoms with Gasteiger partial charge in [-0.1, -0.05) is 29.0 Å². The van der Waals surface area contributed by atoms with Gasteiger partial charge in [-0.05, 0) is 30.3 Å². The second-order valence-electron chi connectivity index (χ2n) is 6.33. The van der Waals surface area contributed by atoms with E-state index >= 15 is 0 Å². The molecule has 2 amide bonds. The van der Waals surface area contributed by atoms with Crippen molar-refractivity contribution in [1.82, 2.24) is 9.88 Å². The van der Waals surface area contributed by atoms with Gasteiger partial charge in [0.1, 0.15) is 17.1 Å². The molecule has 0 unspecified atom stereocenters. The van der Waals surface area contributed by atoms with Gasteiger partial charge in [0.15, 0.2) is 5.13 Å². The molecule has 0 saturated carbocycles. The zero-order valence-corrected chi connectivity index (χ0v) is 16.7. The van der Waals surface area contributed by atoms with Crippen molar-refractivity contribution < 1.29 is 13.9 Å². The van der Waals surface area contributed by atoms with Crippen LogP contribution in [0, 0.1) is 5.82 Å². The molecule has 4 rings (SSSR count). The van der Waals surface area contributed by atoms with Crippen molar-refractivity contribution >= 4 is 50.0 Å². The molecule has 0 radical (unpaired) electrons. The Bertz CT molecular complexity index is 1020. The van der Waals surface area contributed by atoms with Crippen LogP contribution in [0.1, 0.15) is 0 Å². The molecule has 3 aromatic rings. The van der Waals surface area contributed by atoms with Crippen LogP contribution in [0.25, 0.3) is 10.2 Å². The van der Waals surface area contributed by atoms with E-state index in [1.165, 1.54) is 17.4 Å². The molecule has 9 heteroatoms. The summed E-state index contributed by atoms with van der Waals surface area (Å²) in [5.41, 5.74) is 0.930. The van der Waals surface area contributed by atoms with Gasteiger partial charge >= 0.3 is 6.03 Å². The lowest BCUT2D eigenvalue weighted by molar-refractivity contribution is 0.208. The van der Waals surface area contributed by atoms with E-state index in [0.29, 0.717) is 48.2 Å². The number of fused-ring (bicyclic) bond motifs is 1. The standard InChI is InChI=1S/C19H18ClFN4O2S/c1-27-15-6-5-12(20)11-14(15)22-18(26)24-7-9-25(10-8-24)19-23-17-13(21)3-2-4-16(17)28-19/h2-6,11H,7-10H2,1H3,(H,22,26). The van der Waals surface area contributed by atoms with E-state index in [9.17, 15) is 9.18 Å². The number of nitrogens with zero attached hydrogens (tertiary/aromatic N) is 3. The Morgan fingerprint density at radius 1 is 1.25 bits per heavy atom. The lowest BCUT2D eigenvalue weighted by Crippen LogP contribution is -2.50. The van der Waals surface area contributed by atoms with Crippen LogP contribution in [0.2, 0.25) is 5.02 Å². The largest absolute Gasteiger partial charge is 0.495 e. The second kappa shape index (κ2) is 7.81. The summed E-state index contributed by atoms with van der Waals surface area (Å²) in [7, 11) is 1.54. The van der Waals surface area contributed by atoms with Crippen LogP contribution in [0.4, 0.5) is 20.0 Å². The molecule has 6 nitrogen and oxygen atoms in total. The van der Waals surface area contributed by atoms with Crippen molar-refractivity contribution in [3.63, 3.8) is 0 Å². The number of hydrogen-bond acceptors (Lipinski definition) is 5. The summed E-state index contributed by atoms with van der Waals surface area (Å²) >= 11 is 7.48. The summed E-state index contributed by atoms with van der Waals surface area (Å²) in [6.45, 7) is 2.32. The first-order valence-electron chi connectivity index (χ1n) is 8.74. The Kier molecular flexibility index (Phi) is 5.23. The number of amides is 2. The molecule has 146 valence electrons. The van der Waals surface area contributed by atoms with Gasteiger partial charge in [-0.3, -0.25) is 0 Å². The van der Waals surface area contributed by atoms with Crippen molar-refractivity contribution in [2.75, 3.05) is 43.5 Å². The van der Waals surface area contributed by atoms with Crippen LogP contribution < -0.4 is 15.0 Å². The van der Waals surface area contributed by atoms with Crippen LogP contribution in [0.3, 0.4) is 0 Å². The van der Waals surface area contributed by atoms with Gasteiger partial charge in [-0.15, -0.1) is 0 Å². The Labute approximate surface area is 170 Å². The zero-order chi connectivity index (χ0) is 19.7. The number of para-hydroxylation sites is 1. The first kappa shape index (κ1) is 18.8. The maximum Gasteiger partial charge on any atom is 0.322 e. The first-order chi connectivity index (χ1) is 13.5. The van der Waals surface area contributed by atoms with Crippen LogP contribution in [0.15, 0.2) is 36.4 Å². The van der Waals surface area contributed by atoms with Crippen LogP contribution in [-0.2, 0) is 0 Å². The van der Waals surface area contributed by atoms with Crippen molar-refractivity contribution in [3.8, 4) is 5.75 Å². The van der Waals surface area contributed by atoms with E-state index < -0.39 is 0 Å². The third-order valence-corrected chi connectivity index (χ3v) is 5.92. The molecule has 2 heterocycles. The zero-order valence-electron chi connectivity index (χ0n) is 15.1. The number of halogens is 2. The topological polar surface area (TPSA) is 57.7 Å². The number of benzene rings is 2. The minimum atomic E-state index is -0.312. The SMILES string of the molecule is COc1ccc(Cl)cc1NC(=O)N1CCN(c2nc3c(F)cccc3s2)CC1. The highest BCUT2D eigenvalue weighted by atomic mass is 35.5. The van der Waals surface area contributed by atoms with Crippen molar-refractivity contribution in [2.24, 2.45) is 0 Å². The summed E-state index contributed by atoms with van der Waals surface area (Å²) in [4.78, 5) is 20.8. The monoisotopic (exact) mass is 420 g/mol. The number of thiazole rings is 1. The van der Waals surface area contributed by atoms with Crippen LogP contribution in [-0.4, -0.2) is 49.2 Å². The van der Waals surface area contributed by atoms with E-state index in [2.05, 4.69) is 15.2 Å². The minimum Gasteiger partial charge on any atom is -0.495 e. The first-order valence-corrected chi connectivity index (χ1v) is 9.94. The maximum atomic E-state index is 13.9. The number of piperazine rings is 1. The smallest absolute Gasteiger partial charge is 0.322 e. The van der Waals surface area contributed by atoms with Crippen molar-refractivity contribution in [1.29, 1.82) is 0 Å². The number of nitrogens with one attached hydrogen (secondary N) is 1. The number of anilines is 2. The summed E-state index contributed by atoms with van der Waals surface area (Å²) < 4.78 is 20.0. The van der Waals surface area contributed by atoms with E-state index in [-0.39, 0.29) is 11.8 Å². The molecule has 1 aromatic heterocycles. The average molecular weight is 421 g/mol. The Morgan fingerprint density at radius 2 is 2.04 bits per heavy atom. The molecule has 0 atom stereocenters. The van der Waals surface area contributed by atoms with Crippen molar-refractivity contribution in [3.05, 3.63) is 47.2 Å². The molecule has 0 spiro atoms. The number of ether oxygens (including phenoxy) is 1. The van der Waals surface area contributed by atoms with Crippen molar-refractivity contribution in [2.45, 2.75) is 0 Å². The molecule has 1 aliphatic rings. The summed E-state index contributed by atoms with van der Waals surface area (Å²) in [6.07, 6.45) is 0. The summed E-state index contributed by atoms with van der Waals surface area (Å²) in [5, 5.41) is 4.14. The Balaban J connectivity index is 1.41. The highest BCUT2D eigenvalue weighted by molar-refractivity contribution is 7.22. The third-order valence-electron chi connectivity index (χ3n) is 4.60. The van der Waals surface area contributed by atoms with E-state index in [1.54, 1.807) is 36.3 Å². The lowest BCUT2D eigenvalue weighted by Gasteiger charge is -2.34. The van der Waals surface area contributed by atoms with Crippen LogP contribution in [0.5, 0.6) is 5.75 Å². The number of carbonyl (C=O) groups excluding carboxylic acids is 1. The minimum absolute atomic E-state index is 0.212. The van der Waals surface area contributed by atoms with Gasteiger partial charge < -0.3 is 19.9 Å². The number of carbonyl (C=O) groups is 1. The molecular weight excluding hydrogens is 403 g/mol. The predicted molar refractivity (Wildman–Crippen MR) is 110 cm³/mol. The van der Waals surface area contributed by atoms with E-state index in [1.807, 2.05) is 6.07 Å².